The maximum absolute atomic E-state index is 3.66. The Hall–Kier alpha value is -0.0400. The minimum atomic E-state index is 0.566. The average molecular weight is 227 g/mol. The summed E-state index contributed by atoms with van der Waals surface area (Å²) in [5.74, 6) is 0. The zero-order valence-corrected chi connectivity index (χ0v) is 12.2. The number of hydrogen-bond acceptors (Lipinski definition) is 1. The average Bonchev–Trinajstić information content (AvgIpc) is 2.29. The van der Waals surface area contributed by atoms with E-state index in [9.17, 15) is 0 Å². The van der Waals surface area contributed by atoms with E-state index in [0.29, 0.717) is 11.5 Å². The summed E-state index contributed by atoms with van der Waals surface area (Å²) in [6.45, 7) is 12.7. The normalized spacial score (nSPS) is 12.4. The van der Waals surface area contributed by atoms with E-state index < -0.39 is 0 Å². The lowest BCUT2D eigenvalue weighted by Crippen LogP contribution is -2.37. The van der Waals surface area contributed by atoms with Gasteiger partial charge in [-0.25, -0.2) is 0 Å². The molecular weight excluding hydrogens is 194 g/mol. The molecule has 0 heterocycles. The van der Waals surface area contributed by atoms with Crippen molar-refractivity contribution in [2.75, 3.05) is 6.54 Å². The molecule has 0 rings (SSSR count). The Morgan fingerprint density at radius 1 is 0.938 bits per heavy atom. The Kier molecular flexibility index (Phi) is 9.02. The molecule has 1 N–H and O–H groups in total. The minimum Gasteiger partial charge on any atom is -0.314 e. The molecule has 0 radical (unpaired) electrons. The van der Waals surface area contributed by atoms with Gasteiger partial charge < -0.3 is 5.32 Å². The summed E-state index contributed by atoms with van der Waals surface area (Å²) in [5, 5.41) is 3.66. The number of unbranched alkanes of at least 4 members (excludes halogenated alkanes) is 2. The lowest BCUT2D eigenvalue weighted by molar-refractivity contribution is 0.201. The van der Waals surface area contributed by atoms with Crippen LogP contribution in [-0.2, 0) is 0 Å². The minimum absolute atomic E-state index is 0.566. The van der Waals surface area contributed by atoms with E-state index >= 15 is 0 Å². The Bertz CT molecular complexity index is 144. The van der Waals surface area contributed by atoms with Crippen LogP contribution in [0.4, 0.5) is 0 Å². The van der Waals surface area contributed by atoms with Gasteiger partial charge in [-0.1, -0.05) is 60.3 Å². The highest BCUT2D eigenvalue weighted by Gasteiger charge is 2.26. The molecule has 0 bridgehead atoms. The zero-order chi connectivity index (χ0) is 12.4. The van der Waals surface area contributed by atoms with Crippen LogP contribution in [-0.4, -0.2) is 12.6 Å². The van der Waals surface area contributed by atoms with Crippen molar-refractivity contribution >= 4 is 0 Å². The van der Waals surface area contributed by atoms with Crippen LogP contribution in [0.1, 0.15) is 79.6 Å². The summed E-state index contributed by atoms with van der Waals surface area (Å²) in [4.78, 5) is 0. The van der Waals surface area contributed by atoms with E-state index in [1.54, 1.807) is 0 Å². The molecule has 0 aliphatic carbocycles. The van der Waals surface area contributed by atoms with Crippen LogP contribution in [0.2, 0.25) is 0 Å². The predicted octanol–water partition coefficient (Wildman–Crippen LogP) is 4.76. The van der Waals surface area contributed by atoms with Crippen molar-refractivity contribution in [1.29, 1.82) is 0 Å². The van der Waals surface area contributed by atoms with Crippen molar-refractivity contribution in [1.82, 2.24) is 5.32 Å². The Morgan fingerprint density at radius 3 is 1.75 bits per heavy atom. The molecule has 0 saturated heterocycles. The highest BCUT2D eigenvalue weighted by Crippen LogP contribution is 2.34. The van der Waals surface area contributed by atoms with Gasteiger partial charge in [-0.3, -0.25) is 0 Å². The summed E-state index contributed by atoms with van der Waals surface area (Å²) in [7, 11) is 0. The molecule has 0 amide bonds. The van der Waals surface area contributed by atoms with Crippen LogP contribution >= 0.6 is 0 Å². The fourth-order valence-corrected chi connectivity index (χ4v) is 2.30. The molecule has 0 fully saturated rings. The molecule has 0 aromatic rings. The first kappa shape index (κ1) is 16.0. The van der Waals surface area contributed by atoms with E-state index in [1.165, 1.54) is 51.5 Å². The third-order valence-corrected chi connectivity index (χ3v) is 3.76. The molecule has 0 spiro atoms. The quantitative estimate of drug-likeness (QED) is 0.567. The van der Waals surface area contributed by atoms with Crippen molar-refractivity contribution in [3.63, 3.8) is 0 Å². The van der Waals surface area contributed by atoms with Crippen molar-refractivity contribution in [3.8, 4) is 0 Å². The fraction of sp³-hybridized carbons (Fsp3) is 1.00. The van der Waals surface area contributed by atoms with E-state index in [2.05, 4.69) is 39.9 Å². The summed E-state index contributed by atoms with van der Waals surface area (Å²) < 4.78 is 0. The predicted molar refractivity (Wildman–Crippen MR) is 74.9 cm³/mol. The monoisotopic (exact) mass is 227 g/mol. The van der Waals surface area contributed by atoms with E-state index in [4.69, 9.17) is 0 Å². The molecule has 0 aromatic carbocycles. The maximum Gasteiger partial charge on any atom is 0.00106 e. The van der Waals surface area contributed by atoms with Gasteiger partial charge >= 0.3 is 0 Å². The highest BCUT2D eigenvalue weighted by atomic mass is 14.9. The molecule has 1 nitrogen and oxygen atoms in total. The van der Waals surface area contributed by atoms with E-state index in [-0.39, 0.29) is 0 Å². The van der Waals surface area contributed by atoms with Gasteiger partial charge in [-0.05, 0) is 24.7 Å². The fourth-order valence-electron chi connectivity index (χ4n) is 2.30. The van der Waals surface area contributed by atoms with Gasteiger partial charge in [0, 0.05) is 12.6 Å². The second kappa shape index (κ2) is 9.04. The molecule has 0 aliphatic rings. The van der Waals surface area contributed by atoms with Crippen molar-refractivity contribution < 1.29 is 0 Å². The third-order valence-electron chi connectivity index (χ3n) is 3.76. The van der Waals surface area contributed by atoms with Crippen molar-refractivity contribution in [2.24, 2.45) is 5.41 Å². The number of rotatable bonds is 10. The Morgan fingerprint density at radius 2 is 1.44 bits per heavy atom. The molecular formula is C15H33N. The van der Waals surface area contributed by atoms with Crippen LogP contribution in [0.25, 0.3) is 0 Å². The standard InChI is InChI=1S/C15H33N/c1-6-9-11-15(8-3,12-10-7-2)13-16-14(4)5/h14,16H,6-13H2,1-5H3. The third kappa shape index (κ3) is 6.52. The second-order valence-corrected chi connectivity index (χ2v) is 5.60. The first-order valence-corrected chi connectivity index (χ1v) is 7.33. The molecule has 16 heavy (non-hydrogen) atoms. The molecule has 1 heteroatoms. The summed E-state index contributed by atoms with van der Waals surface area (Å²) in [5.41, 5.74) is 0.566. The van der Waals surface area contributed by atoms with Crippen LogP contribution in [0.5, 0.6) is 0 Å². The Balaban J connectivity index is 4.27. The summed E-state index contributed by atoms with van der Waals surface area (Å²) in [6.07, 6.45) is 9.56. The molecule has 0 aromatic heterocycles. The lowest BCUT2D eigenvalue weighted by atomic mass is 9.76. The van der Waals surface area contributed by atoms with E-state index in [1.807, 2.05) is 0 Å². The first-order chi connectivity index (χ1) is 7.60. The van der Waals surface area contributed by atoms with Crippen molar-refractivity contribution in [3.05, 3.63) is 0 Å². The molecule has 98 valence electrons. The topological polar surface area (TPSA) is 12.0 Å². The Labute approximate surface area is 103 Å². The van der Waals surface area contributed by atoms with Crippen LogP contribution in [0.15, 0.2) is 0 Å². The largest absolute Gasteiger partial charge is 0.314 e. The molecule has 0 aliphatic heterocycles. The van der Waals surface area contributed by atoms with Gasteiger partial charge in [-0.2, -0.15) is 0 Å². The van der Waals surface area contributed by atoms with Gasteiger partial charge in [0.1, 0.15) is 0 Å². The van der Waals surface area contributed by atoms with E-state index in [0.717, 1.165) is 0 Å². The van der Waals surface area contributed by atoms with Crippen LogP contribution < -0.4 is 5.32 Å². The van der Waals surface area contributed by atoms with Gasteiger partial charge in [-0.15, -0.1) is 0 Å². The molecule has 0 unspecified atom stereocenters. The van der Waals surface area contributed by atoms with Gasteiger partial charge in [0.15, 0.2) is 0 Å². The highest BCUT2D eigenvalue weighted by molar-refractivity contribution is 4.81. The maximum atomic E-state index is 3.66. The van der Waals surface area contributed by atoms with Gasteiger partial charge in [0.25, 0.3) is 0 Å². The molecule has 0 atom stereocenters. The SMILES string of the molecule is CCCCC(CC)(CCCC)CNC(C)C. The summed E-state index contributed by atoms with van der Waals surface area (Å²) >= 11 is 0. The van der Waals surface area contributed by atoms with Gasteiger partial charge in [0.2, 0.25) is 0 Å². The zero-order valence-electron chi connectivity index (χ0n) is 12.2. The first-order valence-electron chi connectivity index (χ1n) is 7.33. The van der Waals surface area contributed by atoms with Crippen LogP contribution in [0.3, 0.4) is 0 Å². The van der Waals surface area contributed by atoms with Gasteiger partial charge in [0.05, 0.1) is 0 Å². The smallest absolute Gasteiger partial charge is 0.00106 e. The number of nitrogens with one attached hydrogen (secondary N) is 1. The second-order valence-electron chi connectivity index (χ2n) is 5.60. The number of hydrogen-bond donors (Lipinski definition) is 1. The van der Waals surface area contributed by atoms with Crippen molar-refractivity contribution in [2.45, 2.75) is 85.6 Å². The lowest BCUT2D eigenvalue weighted by Gasteiger charge is -2.34. The summed E-state index contributed by atoms with van der Waals surface area (Å²) in [6, 6.07) is 0.620. The molecule has 0 saturated carbocycles. The van der Waals surface area contributed by atoms with Crippen LogP contribution in [0, 0.1) is 5.41 Å².